The monoisotopic (exact) mass is 323 g/mol. The van der Waals surface area contributed by atoms with Crippen LogP contribution in [0.4, 0.5) is 0 Å². The van der Waals surface area contributed by atoms with E-state index in [0.717, 1.165) is 34.5 Å². The molecule has 1 aliphatic rings. The van der Waals surface area contributed by atoms with Crippen molar-refractivity contribution in [3.05, 3.63) is 28.8 Å². The maximum atomic E-state index is 6.41. The molecule has 112 valence electrons. The van der Waals surface area contributed by atoms with E-state index in [1.807, 2.05) is 16.8 Å². The number of hydrogen-bond acceptors (Lipinski definition) is 5. The lowest BCUT2D eigenvalue weighted by molar-refractivity contribution is 0.565. The van der Waals surface area contributed by atoms with Crippen molar-refractivity contribution in [3.63, 3.8) is 0 Å². The first-order valence-electron chi connectivity index (χ1n) is 7.17. The van der Waals surface area contributed by atoms with Crippen LogP contribution in [0, 0.1) is 0 Å². The van der Waals surface area contributed by atoms with Crippen LogP contribution in [0.1, 0.15) is 44.3 Å². The van der Waals surface area contributed by atoms with Gasteiger partial charge < -0.3 is 5.32 Å². The van der Waals surface area contributed by atoms with Gasteiger partial charge in [0.05, 0.1) is 11.1 Å². The Balaban J connectivity index is 1.78. The van der Waals surface area contributed by atoms with E-state index in [2.05, 4.69) is 40.8 Å². The summed E-state index contributed by atoms with van der Waals surface area (Å²) in [5.41, 5.74) is 1.19. The molecule has 21 heavy (non-hydrogen) atoms. The minimum absolute atomic E-state index is 0.295. The Morgan fingerprint density at radius 2 is 2.29 bits per heavy atom. The number of nitrogens with one attached hydrogen (secondary N) is 1. The van der Waals surface area contributed by atoms with E-state index in [4.69, 9.17) is 11.6 Å². The molecule has 0 radical (unpaired) electrons. The fraction of sp³-hybridized carbons (Fsp3) is 0.500. The van der Waals surface area contributed by atoms with Gasteiger partial charge in [-0.15, -0.1) is 5.10 Å². The maximum Gasteiger partial charge on any atom is 0.214 e. The summed E-state index contributed by atoms with van der Waals surface area (Å²) in [6.07, 6.45) is 2.32. The molecule has 0 amide bonds. The van der Waals surface area contributed by atoms with E-state index in [9.17, 15) is 0 Å². The van der Waals surface area contributed by atoms with E-state index >= 15 is 0 Å². The second-order valence-electron chi connectivity index (χ2n) is 5.21. The molecule has 0 spiro atoms. The van der Waals surface area contributed by atoms with Crippen LogP contribution in [-0.2, 0) is 0 Å². The highest BCUT2D eigenvalue weighted by molar-refractivity contribution is 7.99. The SMILES string of the molecule is CCNC(C)c1ccc(Sc2nnnn2C2CC2)c(Cl)c1. The average Bonchev–Trinajstić information content (AvgIpc) is 3.21. The number of rotatable bonds is 6. The molecule has 1 aromatic heterocycles. The minimum atomic E-state index is 0.295. The number of tetrazole rings is 1. The van der Waals surface area contributed by atoms with Gasteiger partial charge in [0.1, 0.15) is 0 Å². The van der Waals surface area contributed by atoms with Crippen molar-refractivity contribution in [2.45, 2.75) is 48.8 Å². The van der Waals surface area contributed by atoms with Gasteiger partial charge in [-0.2, -0.15) is 0 Å². The molecular weight excluding hydrogens is 306 g/mol. The van der Waals surface area contributed by atoms with Crippen molar-refractivity contribution in [2.75, 3.05) is 6.54 Å². The van der Waals surface area contributed by atoms with Crippen molar-refractivity contribution in [2.24, 2.45) is 0 Å². The highest BCUT2D eigenvalue weighted by atomic mass is 35.5. The second kappa shape index (κ2) is 6.34. The van der Waals surface area contributed by atoms with E-state index in [1.165, 1.54) is 17.3 Å². The van der Waals surface area contributed by atoms with Gasteiger partial charge in [0.25, 0.3) is 0 Å². The predicted octanol–water partition coefficient (Wildman–Crippen LogP) is 3.48. The first-order valence-corrected chi connectivity index (χ1v) is 8.37. The zero-order chi connectivity index (χ0) is 14.8. The van der Waals surface area contributed by atoms with Gasteiger partial charge in [-0.05, 0) is 66.2 Å². The number of hydrogen-bond donors (Lipinski definition) is 1. The van der Waals surface area contributed by atoms with Crippen LogP contribution >= 0.6 is 23.4 Å². The second-order valence-corrected chi connectivity index (χ2v) is 6.62. The van der Waals surface area contributed by atoms with Crippen LogP contribution in [0.3, 0.4) is 0 Å². The van der Waals surface area contributed by atoms with Crippen molar-refractivity contribution < 1.29 is 0 Å². The first kappa shape index (κ1) is 14.8. The zero-order valence-electron chi connectivity index (χ0n) is 12.1. The van der Waals surface area contributed by atoms with Crippen molar-refractivity contribution in [1.82, 2.24) is 25.5 Å². The van der Waals surface area contributed by atoms with Crippen molar-refractivity contribution >= 4 is 23.4 Å². The fourth-order valence-corrected chi connectivity index (χ4v) is 3.34. The predicted molar refractivity (Wildman–Crippen MR) is 83.8 cm³/mol. The van der Waals surface area contributed by atoms with Crippen molar-refractivity contribution in [3.8, 4) is 0 Å². The quantitative estimate of drug-likeness (QED) is 0.882. The van der Waals surface area contributed by atoms with E-state index in [1.54, 1.807) is 0 Å². The molecule has 7 heteroatoms. The molecule has 1 aliphatic carbocycles. The molecule has 1 saturated carbocycles. The van der Waals surface area contributed by atoms with Gasteiger partial charge in [0.15, 0.2) is 0 Å². The van der Waals surface area contributed by atoms with Crippen LogP contribution in [0.5, 0.6) is 0 Å². The summed E-state index contributed by atoms with van der Waals surface area (Å²) in [5, 5.41) is 16.9. The van der Waals surface area contributed by atoms with Gasteiger partial charge in [-0.3, -0.25) is 0 Å². The largest absolute Gasteiger partial charge is 0.310 e. The maximum absolute atomic E-state index is 6.41. The molecule has 5 nitrogen and oxygen atoms in total. The highest BCUT2D eigenvalue weighted by Gasteiger charge is 2.28. The Bertz CT molecular complexity index is 626. The molecule has 1 aromatic carbocycles. The topological polar surface area (TPSA) is 55.6 Å². The summed E-state index contributed by atoms with van der Waals surface area (Å²) in [6, 6.07) is 6.93. The Labute approximate surface area is 133 Å². The van der Waals surface area contributed by atoms with Crippen LogP contribution in [0.25, 0.3) is 0 Å². The molecule has 1 atom stereocenters. The van der Waals surface area contributed by atoms with E-state index < -0.39 is 0 Å². The summed E-state index contributed by atoms with van der Waals surface area (Å²) in [7, 11) is 0. The summed E-state index contributed by atoms with van der Waals surface area (Å²) < 4.78 is 1.90. The fourth-order valence-electron chi connectivity index (χ4n) is 2.19. The Morgan fingerprint density at radius 1 is 1.48 bits per heavy atom. The number of nitrogens with zero attached hydrogens (tertiary/aromatic N) is 4. The third-order valence-electron chi connectivity index (χ3n) is 3.52. The highest BCUT2D eigenvalue weighted by Crippen LogP contribution is 2.39. The number of halogens is 1. The summed E-state index contributed by atoms with van der Waals surface area (Å²) >= 11 is 7.94. The Morgan fingerprint density at radius 3 is 2.95 bits per heavy atom. The Kier molecular flexibility index (Phi) is 4.47. The molecule has 0 aliphatic heterocycles. The normalized spacial score (nSPS) is 16.1. The lowest BCUT2D eigenvalue weighted by Gasteiger charge is -2.14. The van der Waals surface area contributed by atoms with Gasteiger partial charge >= 0.3 is 0 Å². The molecule has 0 saturated heterocycles. The van der Waals surface area contributed by atoms with E-state index in [-0.39, 0.29) is 0 Å². The van der Waals surface area contributed by atoms with Gasteiger partial charge in [0, 0.05) is 10.9 Å². The smallest absolute Gasteiger partial charge is 0.214 e. The van der Waals surface area contributed by atoms with Gasteiger partial charge in [-0.25, -0.2) is 4.68 Å². The molecule has 1 N–H and O–H groups in total. The van der Waals surface area contributed by atoms with Crippen LogP contribution in [-0.4, -0.2) is 26.8 Å². The lowest BCUT2D eigenvalue weighted by atomic mass is 10.1. The summed E-state index contributed by atoms with van der Waals surface area (Å²) in [5.74, 6) is 0. The molecule has 0 bridgehead atoms. The van der Waals surface area contributed by atoms with E-state index in [0.29, 0.717) is 12.1 Å². The van der Waals surface area contributed by atoms with Gasteiger partial charge in [0.2, 0.25) is 5.16 Å². The summed E-state index contributed by atoms with van der Waals surface area (Å²) in [6.45, 7) is 5.17. The molecule has 1 fully saturated rings. The minimum Gasteiger partial charge on any atom is -0.310 e. The molecule has 1 heterocycles. The van der Waals surface area contributed by atoms with Crippen molar-refractivity contribution in [1.29, 1.82) is 0 Å². The molecule has 1 unspecified atom stereocenters. The van der Waals surface area contributed by atoms with Crippen LogP contribution < -0.4 is 5.32 Å². The average molecular weight is 324 g/mol. The molecule has 2 aromatic rings. The summed E-state index contributed by atoms with van der Waals surface area (Å²) in [4.78, 5) is 0.987. The third-order valence-corrected chi connectivity index (χ3v) is 4.97. The lowest BCUT2D eigenvalue weighted by Crippen LogP contribution is -2.17. The third kappa shape index (κ3) is 3.39. The van der Waals surface area contributed by atoms with Crippen LogP contribution in [0.2, 0.25) is 5.02 Å². The van der Waals surface area contributed by atoms with Crippen LogP contribution in [0.15, 0.2) is 28.3 Å². The first-order chi connectivity index (χ1) is 10.2. The van der Waals surface area contributed by atoms with Gasteiger partial charge in [-0.1, -0.05) is 24.6 Å². The number of aromatic nitrogens is 4. The molecular formula is C14H18ClN5S. The number of benzene rings is 1. The zero-order valence-corrected chi connectivity index (χ0v) is 13.7. The molecule has 3 rings (SSSR count). The standard InChI is InChI=1S/C14H18ClN5S/c1-3-16-9(2)10-4-7-13(12(15)8-10)21-14-17-18-19-20(14)11-5-6-11/h4,7-9,11,16H,3,5-6H2,1-2H3. The Hall–Kier alpha value is -1.11.